The fourth-order valence-corrected chi connectivity index (χ4v) is 3.49. The molecular formula is C21H25NO3. The van der Waals surface area contributed by atoms with Gasteiger partial charge in [-0.05, 0) is 24.5 Å². The number of aliphatic hydroxyl groups excluding tert-OH is 1. The highest BCUT2D eigenvalue weighted by molar-refractivity contribution is 5.79. The van der Waals surface area contributed by atoms with E-state index >= 15 is 0 Å². The van der Waals surface area contributed by atoms with E-state index in [2.05, 4.69) is 12.1 Å². The Hall–Kier alpha value is -2.33. The van der Waals surface area contributed by atoms with Crippen molar-refractivity contribution in [1.82, 2.24) is 4.90 Å². The van der Waals surface area contributed by atoms with E-state index in [0.717, 1.165) is 17.7 Å². The molecule has 0 aliphatic carbocycles. The summed E-state index contributed by atoms with van der Waals surface area (Å²) in [4.78, 5) is 14.6. The van der Waals surface area contributed by atoms with Crippen LogP contribution < -0.4 is 4.74 Å². The second kappa shape index (κ2) is 8.17. The van der Waals surface area contributed by atoms with Crippen molar-refractivity contribution in [1.29, 1.82) is 0 Å². The molecule has 25 heavy (non-hydrogen) atoms. The minimum atomic E-state index is -0.351. The highest BCUT2D eigenvalue weighted by atomic mass is 16.5. The third-order valence-electron chi connectivity index (χ3n) is 4.92. The summed E-state index contributed by atoms with van der Waals surface area (Å²) in [7, 11) is 1.62. The van der Waals surface area contributed by atoms with Crippen molar-refractivity contribution in [3.63, 3.8) is 0 Å². The van der Waals surface area contributed by atoms with Crippen molar-refractivity contribution < 1.29 is 14.6 Å². The standard InChI is InChI=1S/C21H25NO3/c1-25-20-10-6-5-9-17(20)14-21(24)22-12-11-19(23)18(15-22)13-16-7-3-2-4-8-16/h2-10,18-19,23H,11-15H2,1H3/t18-,19+/m1/s1. The van der Waals surface area contributed by atoms with Crippen molar-refractivity contribution >= 4 is 5.91 Å². The average Bonchev–Trinajstić information content (AvgIpc) is 2.65. The normalized spacial score (nSPS) is 20.3. The molecule has 0 bridgehead atoms. The summed E-state index contributed by atoms with van der Waals surface area (Å²) in [6.07, 6.45) is 1.41. The highest BCUT2D eigenvalue weighted by Crippen LogP contribution is 2.24. The molecule has 1 aliphatic heterocycles. The second-order valence-corrected chi connectivity index (χ2v) is 6.63. The Balaban J connectivity index is 1.65. The van der Waals surface area contributed by atoms with Gasteiger partial charge in [0, 0.05) is 24.6 Å². The summed E-state index contributed by atoms with van der Waals surface area (Å²) < 4.78 is 5.34. The van der Waals surface area contributed by atoms with Gasteiger partial charge in [0.1, 0.15) is 5.75 Å². The smallest absolute Gasteiger partial charge is 0.227 e. The van der Waals surface area contributed by atoms with Crippen LogP contribution in [0.1, 0.15) is 17.5 Å². The number of hydrogen-bond acceptors (Lipinski definition) is 3. The van der Waals surface area contributed by atoms with E-state index in [1.54, 1.807) is 7.11 Å². The molecule has 2 atom stereocenters. The van der Waals surface area contributed by atoms with Crippen LogP contribution in [0.3, 0.4) is 0 Å². The summed E-state index contributed by atoms with van der Waals surface area (Å²) in [6, 6.07) is 17.8. The van der Waals surface area contributed by atoms with E-state index in [-0.39, 0.29) is 17.9 Å². The Morgan fingerprint density at radius 3 is 2.64 bits per heavy atom. The van der Waals surface area contributed by atoms with Gasteiger partial charge in [-0.25, -0.2) is 0 Å². The van der Waals surface area contributed by atoms with Gasteiger partial charge < -0.3 is 14.7 Å². The number of ether oxygens (including phenoxy) is 1. The Labute approximate surface area is 149 Å². The molecule has 4 nitrogen and oxygen atoms in total. The molecule has 2 aromatic rings. The molecule has 0 saturated carbocycles. The molecule has 1 N–H and O–H groups in total. The number of piperidine rings is 1. The first-order valence-electron chi connectivity index (χ1n) is 8.79. The van der Waals surface area contributed by atoms with Crippen LogP contribution in [0.4, 0.5) is 0 Å². The number of rotatable bonds is 5. The molecule has 1 saturated heterocycles. The van der Waals surface area contributed by atoms with Crippen molar-refractivity contribution in [3.8, 4) is 5.75 Å². The summed E-state index contributed by atoms with van der Waals surface area (Å²) >= 11 is 0. The first-order valence-corrected chi connectivity index (χ1v) is 8.79. The van der Waals surface area contributed by atoms with Crippen LogP contribution in [0.15, 0.2) is 54.6 Å². The fourth-order valence-electron chi connectivity index (χ4n) is 3.49. The maximum absolute atomic E-state index is 12.7. The lowest BCUT2D eigenvalue weighted by molar-refractivity contribution is -0.134. The number of aliphatic hydroxyl groups is 1. The number of amides is 1. The predicted octanol–water partition coefficient (Wildman–Crippen LogP) is 2.69. The zero-order chi connectivity index (χ0) is 17.6. The SMILES string of the molecule is COc1ccccc1CC(=O)N1CC[C@H](O)[C@H](Cc2ccccc2)C1. The maximum Gasteiger partial charge on any atom is 0.227 e. The van der Waals surface area contributed by atoms with Gasteiger partial charge in [-0.2, -0.15) is 0 Å². The third kappa shape index (κ3) is 4.40. The van der Waals surface area contributed by atoms with Crippen LogP contribution in [0, 0.1) is 5.92 Å². The Kier molecular flexibility index (Phi) is 5.71. The molecule has 1 heterocycles. The number of benzene rings is 2. The molecule has 0 aromatic heterocycles. The van der Waals surface area contributed by atoms with Crippen LogP contribution in [0.25, 0.3) is 0 Å². The molecule has 1 fully saturated rings. The van der Waals surface area contributed by atoms with Crippen LogP contribution in [0.2, 0.25) is 0 Å². The molecule has 0 unspecified atom stereocenters. The number of likely N-dealkylation sites (tertiary alicyclic amines) is 1. The van der Waals surface area contributed by atoms with Crippen molar-refractivity contribution in [2.75, 3.05) is 20.2 Å². The van der Waals surface area contributed by atoms with E-state index in [1.165, 1.54) is 5.56 Å². The zero-order valence-corrected chi connectivity index (χ0v) is 14.6. The number of carbonyl (C=O) groups excluding carboxylic acids is 1. The zero-order valence-electron chi connectivity index (χ0n) is 14.6. The highest BCUT2D eigenvalue weighted by Gasteiger charge is 2.30. The van der Waals surface area contributed by atoms with Crippen LogP contribution in [-0.2, 0) is 17.6 Å². The predicted molar refractivity (Wildman–Crippen MR) is 97.5 cm³/mol. The van der Waals surface area contributed by atoms with Crippen LogP contribution in [-0.4, -0.2) is 42.2 Å². The Morgan fingerprint density at radius 2 is 1.88 bits per heavy atom. The number of methoxy groups -OCH3 is 1. The molecule has 1 aliphatic rings. The van der Waals surface area contributed by atoms with Gasteiger partial charge in [0.25, 0.3) is 0 Å². The van der Waals surface area contributed by atoms with Crippen LogP contribution >= 0.6 is 0 Å². The maximum atomic E-state index is 12.7. The lowest BCUT2D eigenvalue weighted by Gasteiger charge is -2.36. The third-order valence-corrected chi connectivity index (χ3v) is 4.92. The molecule has 0 radical (unpaired) electrons. The second-order valence-electron chi connectivity index (χ2n) is 6.63. The molecule has 2 aromatic carbocycles. The number of para-hydroxylation sites is 1. The van der Waals surface area contributed by atoms with Gasteiger partial charge in [0.15, 0.2) is 0 Å². The fraction of sp³-hybridized carbons (Fsp3) is 0.381. The average molecular weight is 339 g/mol. The van der Waals surface area contributed by atoms with E-state index in [4.69, 9.17) is 4.74 Å². The molecule has 132 valence electrons. The van der Waals surface area contributed by atoms with E-state index in [0.29, 0.717) is 25.9 Å². The van der Waals surface area contributed by atoms with E-state index in [1.807, 2.05) is 47.4 Å². The number of hydrogen-bond donors (Lipinski definition) is 1. The summed E-state index contributed by atoms with van der Waals surface area (Å²) in [6.45, 7) is 1.21. The van der Waals surface area contributed by atoms with Gasteiger partial charge >= 0.3 is 0 Å². The Bertz CT molecular complexity index is 701. The minimum Gasteiger partial charge on any atom is -0.496 e. The Morgan fingerprint density at radius 1 is 1.16 bits per heavy atom. The first-order chi connectivity index (χ1) is 12.2. The quantitative estimate of drug-likeness (QED) is 0.911. The van der Waals surface area contributed by atoms with Gasteiger partial charge in [0.2, 0.25) is 5.91 Å². The number of nitrogens with zero attached hydrogens (tertiary/aromatic N) is 1. The van der Waals surface area contributed by atoms with Gasteiger partial charge in [-0.15, -0.1) is 0 Å². The molecule has 3 rings (SSSR count). The topological polar surface area (TPSA) is 49.8 Å². The molecule has 4 heteroatoms. The monoisotopic (exact) mass is 339 g/mol. The lowest BCUT2D eigenvalue weighted by atomic mass is 9.88. The van der Waals surface area contributed by atoms with E-state index in [9.17, 15) is 9.90 Å². The summed E-state index contributed by atoms with van der Waals surface area (Å²) in [5, 5.41) is 10.3. The minimum absolute atomic E-state index is 0.0813. The summed E-state index contributed by atoms with van der Waals surface area (Å²) in [5.41, 5.74) is 2.10. The molecular weight excluding hydrogens is 314 g/mol. The molecule has 0 spiro atoms. The number of carbonyl (C=O) groups is 1. The lowest BCUT2D eigenvalue weighted by Crippen LogP contribution is -2.47. The van der Waals surface area contributed by atoms with E-state index < -0.39 is 0 Å². The van der Waals surface area contributed by atoms with Crippen molar-refractivity contribution in [2.45, 2.75) is 25.4 Å². The van der Waals surface area contributed by atoms with Crippen molar-refractivity contribution in [3.05, 3.63) is 65.7 Å². The largest absolute Gasteiger partial charge is 0.496 e. The van der Waals surface area contributed by atoms with Gasteiger partial charge in [-0.1, -0.05) is 48.5 Å². The molecule has 1 amide bonds. The van der Waals surface area contributed by atoms with Crippen LogP contribution in [0.5, 0.6) is 5.75 Å². The summed E-state index contributed by atoms with van der Waals surface area (Å²) in [5.74, 6) is 0.918. The van der Waals surface area contributed by atoms with Crippen molar-refractivity contribution in [2.24, 2.45) is 5.92 Å². The van der Waals surface area contributed by atoms with Gasteiger partial charge in [0.05, 0.1) is 19.6 Å². The van der Waals surface area contributed by atoms with Gasteiger partial charge in [-0.3, -0.25) is 4.79 Å². The first kappa shape index (κ1) is 17.5.